The predicted molar refractivity (Wildman–Crippen MR) is 82.4 cm³/mol. The number of ether oxygens (including phenoxy) is 3. The number of rotatable bonds is 12. The van der Waals surface area contributed by atoms with E-state index in [0.29, 0.717) is 32.5 Å². The number of furan rings is 1. The van der Waals surface area contributed by atoms with Crippen LogP contribution in [0, 0.1) is 6.92 Å². The average molecular weight is 299 g/mol. The van der Waals surface area contributed by atoms with Crippen LogP contribution in [0.5, 0.6) is 0 Å². The molecule has 1 rings (SSSR count). The van der Waals surface area contributed by atoms with Crippen molar-refractivity contribution in [3.05, 3.63) is 23.2 Å². The van der Waals surface area contributed by atoms with Crippen molar-refractivity contribution in [2.45, 2.75) is 46.4 Å². The number of methoxy groups -OCH3 is 1. The van der Waals surface area contributed by atoms with Crippen LogP contribution in [0.1, 0.15) is 37.4 Å². The Morgan fingerprint density at radius 3 is 2.62 bits per heavy atom. The van der Waals surface area contributed by atoms with Gasteiger partial charge in [0.25, 0.3) is 0 Å². The van der Waals surface area contributed by atoms with Crippen LogP contribution in [0.25, 0.3) is 0 Å². The molecule has 5 heteroatoms. The minimum Gasteiger partial charge on any atom is -0.464 e. The standard InChI is InChI=1S/C16H29NO4/c1-13(2)17-11-15-10-16(21-14(15)3)12-20-9-8-19-7-5-6-18-4/h10,13,17H,5-9,11-12H2,1-4H3. The van der Waals surface area contributed by atoms with Crippen molar-refractivity contribution in [1.29, 1.82) is 0 Å². The molecule has 0 atom stereocenters. The van der Waals surface area contributed by atoms with Crippen molar-refractivity contribution < 1.29 is 18.6 Å². The summed E-state index contributed by atoms with van der Waals surface area (Å²) in [6.07, 6.45) is 0.917. The van der Waals surface area contributed by atoms with Crippen LogP contribution in [0.4, 0.5) is 0 Å². The quantitative estimate of drug-likeness (QED) is 0.601. The number of nitrogens with one attached hydrogen (secondary N) is 1. The minimum atomic E-state index is 0.467. The fourth-order valence-corrected chi connectivity index (χ4v) is 1.85. The van der Waals surface area contributed by atoms with Crippen molar-refractivity contribution in [3.8, 4) is 0 Å². The normalized spacial score (nSPS) is 11.5. The van der Waals surface area contributed by atoms with Crippen LogP contribution in [-0.4, -0.2) is 39.6 Å². The van der Waals surface area contributed by atoms with E-state index in [-0.39, 0.29) is 0 Å². The Morgan fingerprint density at radius 2 is 1.90 bits per heavy atom. The summed E-state index contributed by atoms with van der Waals surface area (Å²) in [5.41, 5.74) is 1.19. The van der Waals surface area contributed by atoms with Crippen LogP contribution < -0.4 is 5.32 Å². The maximum absolute atomic E-state index is 5.68. The Hall–Kier alpha value is -0.880. The highest BCUT2D eigenvalue weighted by Crippen LogP contribution is 2.15. The second kappa shape index (κ2) is 10.8. The van der Waals surface area contributed by atoms with Crippen LogP contribution in [0.2, 0.25) is 0 Å². The van der Waals surface area contributed by atoms with E-state index in [4.69, 9.17) is 18.6 Å². The second-order valence-corrected chi connectivity index (χ2v) is 5.34. The first-order valence-corrected chi connectivity index (χ1v) is 7.59. The van der Waals surface area contributed by atoms with Gasteiger partial charge in [0, 0.05) is 38.5 Å². The summed E-state index contributed by atoms with van der Waals surface area (Å²) in [5, 5.41) is 3.39. The monoisotopic (exact) mass is 299 g/mol. The van der Waals surface area contributed by atoms with Gasteiger partial charge in [-0.05, 0) is 19.4 Å². The van der Waals surface area contributed by atoms with Crippen LogP contribution in [0.3, 0.4) is 0 Å². The van der Waals surface area contributed by atoms with E-state index in [0.717, 1.165) is 31.1 Å². The smallest absolute Gasteiger partial charge is 0.130 e. The van der Waals surface area contributed by atoms with Gasteiger partial charge >= 0.3 is 0 Å². The Balaban J connectivity index is 2.13. The fourth-order valence-electron chi connectivity index (χ4n) is 1.85. The maximum Gasteiger partial charge on any atom is 0.130 e. The molecule has 0 aliphatic carbocycles. The Morgan fingerprint density at radius 1 is 1.14 bits per heavy atom. The summed E-state index contributed by atoms with van der Waals surface area (Å²) < 4.78 is 21.6. The van der Waals surface area contributed by atoms with Crippen LogP contribution in [0.15, 0.2) is 10.5 Å². The lowest BCUT2D eigenvalue weighted by molar-refractivity contribution is 0.0285. The van der Waals surface area contributed by atoms with Gasteiger partial charge in [0.1, 0.15) is 18.1 Å². The molecule has 1 aromatic rings. The largest absolute Gasteiger partial charge is 0.464 e. The average Bonchev–Trinajstić information content (AvgIpc) is 2.80. The molecule has 0 saturated heterocycles. The Bertz CT molecular complexity index is 376. The van der Waals surface area contributed by atoms with Crippen molar-refractivity contribution in [3.63, 3.8) is 0 Å². The molecule has 0 aliphatic rings. The molecule has 122 valence electrons. The van der Waals surface area contributed by atoms with E-state index >= 15 is 0 Å². The maximum atomic E-state index is 5.68. The molecule has 1 heterocycles. The molecule has 0 saturated carbocycles. The summed E-state index contributed by atoms with van der Waals surface area (Å²) in [6.45, 7) is 10.2. The van der Waals surface area contributed by atoms with E-state index in [9.17, 15) is 0 Å². The zero-order chi connectivity index (χ0) is 15.5. The molecule has 0 spiro atoms. The van der Waals surface area contributed by atoms with Crippen LogP contribution >= 0.6 is 0 Å². The molecule has 5 nitrogen and oxygen atoms in total. The third kappa shape index (κ3) is 8.21. The molecule has 21 heavy (non-hydrogen) atoms. The molecular formula is C16H29NO4. The fraction of sp³-hybridized carbons (Fsp3) is 0.750. The third-order valence-electron chi connectivity index (χ3n) is 3.03. The van der Waals surface area contributed by atoms with E-state index in [2.05, 4.69) is 25.2 Å². The SMILES string of the molecule is COCCCOCCOCc1cc(CNC(C)C)c(C)o1. The van der Waals surface area contributed by atoms with E-state index in [1.54, 1.807) is 7.11 Å². The first-order valence-electron chi connectivity index (χ1n) is 7.59. The van der Waals surface area contributed by atoms with Gasteiger partial charge in [-0.1, -0.05) is 13.8 Å². The summed E-state index contributed by atoms with van der Waals surface area (Å²) in [5.74, 6) is 1.82. The van der Waals surface area contributed by atoms with E-state index in [1.165, 1.54) is 5.56 Å². The zero-order valence-corrected chi connectivity index (χ0v) is 13.7. The lowest BCUT2D eigenvalue weighted by atomic mass is 10.2. The third-order valence-corrected chi connectivity index (χ3v) is 3.03. The van der Waals surface area contributed by atoms with Crippen molar-refractivity contribution in [2.75, 3.05) is 33.5 Å². The summed E-state index contributed by atoms with van der Waals surface area (Å²) in [4.78, 5) is 0. The van der Waals surface area contributed by atoms with Gasteiger partial charge in [0.2, 0.25) is 0 Å². The Labute approximate surface area is 127 Å². The molecule has 1 N–H and O–H groups in total. The molecule has 0 aromatic carbocycles. The highest BCUT2D eigenvalue weighted by molar-refractivity contribution is 5.20. The van der Waals surface area contributed by atoms with Crippen LogP contribution in [-0.2, 0) is 27.4 Å². The molecule has 0 unspecified atom stereocenters. The molecule has 1 aromatic heterocycles. The number of hydrogen-bond donors (Lipinski definition) is 1. The summed E-state index contributed by atoms with van der Waals surface area (Å²) >= 11 is 0. The molecule has 0 amide bonds. The first-order chi connectivity index (χ1) is 10.1. The van der Waals surface area contributed by atoms with Gasteiger partial charge in [0.05, 0.1) is 13.2 Å². The topological polar surface area (TPSA) is 52.9 Å². The van der Waals surface area contributed by atoms with E-state index < -0.39 is 0 Å². The number of hydrogen-bond acceptors (Lipinski definition) is 5. The van der Waals surface area contributed by atoms with Crippen molar-refractivity contribution >= 4 is 0 Å². The lowest BCUT2D eigenvalue weighted by Crippen LogP contribution is -2.21. The van der Waals surface area contributed by atoms with Crippen molar-refractivity contribution in [1.82, 2.24) is 5.32 Å². The minimum absolute atomic E-state index is 0.467. The molecular weight excluding hydrogens is 270 g/mol. The number of aryl methyl sites for hydroxylation is 1. The lowest BCUT2D eigenvalue weighted by Gasteiger charge is -2.06. The highest BCUT2D eigenvalue weighted by Gasteiger charge is 2.07. The van der Waals surface area contributed by atoms with Gasteiger partial charge in [0.15, 0.2) is 0 Å². The summed E-state index contributed by atoms with van der Waals surface area (Å²) in [7, 11) is 1.69. The first kappa shape index (κ1) is 18.2. The Kier molecular flexibility index (Phi) is 9.34. The predicted octanol–water partition coefficient (Wildman–Crippen LogP) is 2.66. The molecule has 0 aliphatic heterocycles. The summed E-state index contributed by atoms with van der Waals surface area (Å²) in [6, 6.07) is 2.53. The van der Waals surface area contributed by atoms with E-state index in [1.807, 2.05) is 6.92 Å². The molecule has 0 radical (unpaired) electrons. The van der Waals surface area contributed by atoms with Gasteiger partial charge in [-0.25, -0.2) is 0 Å². The molecule has 0 fully saturated rings. The van der Waals surface area contributed by atoms with Gasteiger partial charge in [-0.2, -0.15) is 0 Å². The van der Waals surface area contributed by atoms with Gasteiger partial charge in [-0.3, -0.25) is 0 Å². The van der Waals surface area contributed by atoms with Crippen molar-refractivity contribution in [2.24, 2.45) is 0 Å². The zero-order valence-electron chi connectivity index (χ0n) is 13.7. The molecule has 0 bridgehead atoms. The second-order valence-electron chi connectivity index (χ2n) is 5.34. The highest BCUT2D eigenvalue weighted by atomic mass is 16.5. The van der Waals surface area contributed by atoms with Gasteiger partial charge < -0.3 is 23.9 Å². The van der Waals surface area contributed by atoms with Gasteiger partial charge in [-0.15, -0.1) is 0 Å².